The highest BCUT2D eigenvalue weighted by Crippen LogP contribution is 2.21. The van der Waals surface area contributed by atoms with Gasteiger partial charge in [-0.2, -0.15) is 13.2 Å². The molecule has 0 saturated heterocycles. The SMILES string of the molecule is O=c1[nH]c2cc(F)ccc2cc1CNc1nccc(CCC(F)(F)F)n1. The van der Waals surface area contributed by atoms with E-state index in [9.17, 15) is 22.4 Å². The minimum Gasteiger partial charge on any atom is -0.350 e. The molecule has 9 heteroatoms. The van der Waals surface area contributed by atoms with Crippen LogP contribution in [0, 0.1) is 5.82 Å². The van der Waals surface area contributed by atoms with Crippen LogP contribution in [0.1, 0.15) is 17.7 Å². The molecule has 2 aromatic heterocycles. The average molecular weight is 366 g/mol. The van der Waals surface area contributed by atoms with Gasteiger partial charge in [-0.25, -0.2) is 14.4 Å². The summed E-state index contributed by atoms with van der Waals surface area (Å²) in [6, 6.07) is 7.06. The van der Waals surface area contributed by atoms with Crippen molar-refractivity contribution >= 4 is 16.9 Å². The number of nitrogens with zero attached hydrogens (tertiary/aromatic N) is 2. The highest BCUT2D eigenvalue weighted by atomic mass is 19.4. The molecule has 0 amide bonds. The highest BCUT2D eigenvalue weighted by Gasteiger charge is 2.26. The molecule has 0 bridgehead atoms. The molecular weight excluding hydrogens is 352 g/mol. The van der Waals surface area contributed by atoms with Crippen molar-refractivity contribution in [3.8, 4) is 0 Å². The Labute approximate surface area is 145 Å². The zero-order chi connectivity index (χ0) is 18.7. The fourth-order valence-electron chi connectivity index (χ4n) is 2.41. The minimum atomic E-state index is -4.25. The van der Waals surface area contributed by atoms with Gasteiger partial charge < -0.3 is 10.3 Å². The summed E-state index contributed by atoms with van der Waals surface area (Å²) in [5, 5.41) is 3.47. The molecular formula is C17H14F4N4O. The third kappa shape index (κ3) is 4.56. The van der Waals surface area contributed by atoms with Crippen LogP contribution in [0.5, 0.6) is 0 Å². The molecule has 0 fully saturated rings. The number of benzene rings is 1. The number of alkyl halides is 3. The summed E-state index contributed by atoms with van der Waals surface area (Å²) in [5.41, 5.74) is 0.601. The van der Waals surface area contributed by atoms with Crippen molar-refractivity contribution < 1.29 is 17.6 Å². The van der Waals surface area contributed by atoms with E-state index in [1.54, 1.807) is 12.1 Å². The van der Waals surface area contributed by atoms with Crippen molar-refractivity contribution in [1.29, 1.82) is 0 Å². The Bertz CT molecular complexity index is 984. The van der Waals surface area contributed by atoms with Crippen molar-refractivity contribution in [1.82, 2.24) is 15.0 Å². The van der Waals surface area contributed by atoms with Crippen molar-refractivity contribution in [2.75, 3.05) is 5.32 Å². The lowest BCUT2D eigenvalue weighted by Gasteiger charge is -2.08. The molecule has 2 heterocycles. The molecule has 0 aliphatic rings. The minimum absolute atomic E-state index is 0.0748. The fraction of sp³-hybridized carbons (Fsp3) is 0.235. The van der Waals surface area contributed by atoms with Gasteiger partial charge in [-0.15, -0.1) is 0 Å². The second-order valence-corrected chi connectivity index (χ2v) is 5.70. The van der Waals surface area contributed by atoms with E-state index < -0.39 is 24.0 Å². The van der Waals surface area contributed by atoms with Gasteiger partial charge in [-0.1, -0.05) is 0 Å². The van der Waals surface area contributed by atoms with Gasteiger partial charge in [0.05, 0.1) is 5.52 Å². The smallest absolute Gasteiger partial charge is 0.350 e. The normalized spacial score (nSPS) is 11.7. The number of pyridine rings is 1. The summed E-state index contributed by atoms with van der Waals surface area (Å²) in [5.74, 6) is -0.327. The Hall–Kier alpha value is -2.97. The molecule has 0 radical (unpaired) electrons. The molecule has 3 aromatic rings. The maximum atomic E-state index is 13.2. The van der Waals surface area contributed by atoms with Gasteiger partial charge in [-0.05, 0) is 42.1 Å². The van der Waals surface area contributed by atoms with E-state index >= 15 is 0 Å². The summed E-state index contributed by atoms with van der Waals surface area (Å²) in [7, 11) is 0. The molecule has 3 rings (SSSR count). The lowest BCUT2D eigenvalue weighted by atomic mass is 10.1. The predicted molar refractivity (Wildman–Crippen MR) is 88.3 cm³/mol. The van der Waals surface area contributed by atoms with Crippen LogP contribution in [0.15, 0.2) is 41.3 Å². The molecule has 0 unspecified atom stereocenters. The Morgan fingerprint density at radius 3 is 2.73 bits per heavy atom. The molecule has 0 saturated carbocycles. The van der Waals surface area contributed by atoms with Gasteiger partial charge in [0.15, 0.2) is 0 Å². The molecule has 1 aromatic carbocycles. The molecule has 2 N–H and O–H groups in total. The van der Waals surface area contributed by atoms with Crippen LogP contribution in [-0.4, -0.2) is 21.1 Å². The Kier molecular flexibility index (Phi) is 4.88. The summed E-state index contributed by atoms with van der Waals surface area (Å²) < 4.78 is 50.1. The second kappa shape index (κ2) is 7.11. The fourth-order valence-corrected chi connectivity index (χ4v) is 2.41. The van der Waals surface area contributed by atoms with E-state index in [0.29, 0.717) is 16.5 Å². The summed E-state index contributed by atoms with van der Waals surface area (Å²) in [4.78, 5) is 22.6. The van der Waals surface area contributed by atoms with Crippen molar-refractivity contribution in [2.24, 2.45) is 0 Å². The topological polar surface area (TPSA) is 70.7 Å². The number of hydrogen-bond donors (Lipinski definition) is 2. The van der Waals surface area contributed by atoms with Crippen molar-refractivity contribution in [2.45, 2.75) is 25.6 Å². The van der Waals surface area contributed by atoms with Crippen LogP contribution in [0.25, 0.3) is 10.9 Å². The lowest BCUT2D eigenvalue weighted by molar-refractivity contribution is -0.134. The largest absolute Gasteiger partial charge is 0.389 e. The first-order valence-electron chi connectivity index (χ1n) is 7.74. The maximum absolute atomic E-state index is 13.2. The second-order valence-electron chi connectivity index (χ2n) is 5.70. The van der Waals surface area contributed by atoms with E-state index in [0.717, 1.165) is 0 Å². The molecule has 0 aliphatic carbocycles. The van der Waals surface area contributed by atoms with Gasteiger partial charge in [0.25, 0.3) is 5.56 Å². The number of aromatic amines is 1. The number of nitrogens with one attached hydrogen (secondary N) is 2. The average Bonchev–Trinajstić information content (AvgIpc) is 2.58. The van der Waals surface area contributed by atoms with Crippen LogP contribution in [-0.2, 0) is 13.0 Å². The molecule has 26 heavy (non-hydrogen) atoms. The Morgan fingerprint density at radius 2 is 1.96 bits per heavy atom. The van der Waals surface area contributed by atoms with E-state index in [1.165, 1.54) is 24.4 Å². The van der Waals surface area contributed by atoms with E-state index in [4.69, 9.17) is 0 Å². The maximum Gasteiger partial charge on any atom is 0.389 e. The Balaban J connectivity index is 1.73. The van der Waals surface area contributed by atoms with E-state index in [1.807, 2.05) is 0 Å². The van der Waals surface area contributed by atoms with Crippen molar-refractivity contribution in [3.63, 3.8) is 0 Å². The number of aryl methyl sites for hydroxylation is 1. The number of anilines is 1. The van der Waals surface area contributed by atoms with Gasteiger partial charge in [0.1, 0.15) is 5.82 Å². The first kappa shape index (κ1) is 17.8. The van der Waals surface area contributed by atoms with Gasteiger partial charge >= 0.3 is 6.18 Å². The summed E-state index contributed by atoms with van der Waals surface area (Å²) >= 11 is 0. The summed E-state index contributed by atoms with van der Waals surface area (Å²) in [6.07, 6.45) is -4.11. The van der Waals surface area contributed by atoms with Gasteiger partial charge in [0.2, 0.25) is 5.95 Å². The highest BCUT2D eigenvalue weighted by molar-refractivity contribution is 5.78. The number of hydrogen-bond acceptors (Lipinski definition) is 4. The van der Waals surface area contributed by atoms with Crippen LogP contribution in [0.2, 0.25) is 0 Å². The van der Waals surface area contributed by atoms with Crippen LogP contribution in [0.3, 0.4) is 0 Å². The third-order valence-corrected chi connectivity index (χ3v) is 3.70. The lowest BCUT2D eigenvalue weighted by Crippen LogP contribution is -2.16. The Morgan fingerprint density at radius 1 is 1.15 bits per heavy atom. The number of halogens is 4. The number of rotatable bonds is 5. The molecule has 0 spiro atoms. The molecule has 136 valence electrons. The molecule has 0 atom stereocenters. The molecule has 5 nitrogen and oxygen atoms in total. The quantitative estimate of drug-likeness (QED) is 0.678. The number of aromatic nitrogens is 3. The van der Waals surface area contributed by atoms with E-state index in [-0.39, 0.29) is 24.6 Å². The van der Waals surface area contributed by atoms with Crippen LogP contribution < -0.4 is 10.9 Å². The zero-order valence-corrected chi connectivity index (χ0v) is 13.4. The first-order chi connectivity index (χ1) is 12.3. The first-order valence-corrected chi connectivity index (χ1v) is 7.74. The van der Waals surface area contributed by atoms with Gasteiger partial charge in [0, 0.05) is 30.4 Å². The third-order valence-electron chi connectivity index (χ3n) is 3.70. The van der Waals surface area contributed by atoms with Crippen LogP contribution >= 0.6 is 0 Å². The van der Waals surface area contributed by atoms with Crippen molar-refractivity contribution in [3.05, 3.63) is 64.0 Å². The van der Waals surface area contributed by atoms with Gasteiger partial charge in [-0.3, -0.25) is 4.79 Å². The number of H-pyrrole nitrogens is 1. The summed E-state index contributed by atoms with van der Waals surface area (Å²) in [6.45, 7) is 0.0748. The zero-order valence-electron chi connectivity index (χ0n) is 13.4. The molecule has 0 aliphatic heterocycles. The van der Waals surface area contributed by atoms with E-state index in [2.05, 4.69) is 20.3 Å². The monoisotopic (exact) mass is 366 g/mol. The predicted octanol–water partition coefficient (Wildman–Crippen LogP) is 3.56. The number of fused-ring (bicyclic) bond motifs is 1. The standard InChI is InChI=1S/C17H14F4N4O/c18-12-2-1-10-7-11(15(26)25-14(10)8-12)9-23-16-22-6-4-13(24-16)3-5-17(19,20)21/h1-2,4,6-8H,3,5,9H2,(H,25,26)(H,22,23,24). The van der Waals surface area contributed by atoms with Crippen LogP contribution in [0.4, 0.5) is 23.5 Å².